The summed E-state index contributed by atoms with van der Waals surface area (Å²) in [6.45, 7) is 1.79. The molecule has 0 radical (unpaired) electrons. The van der Waals surface area contributed by atoms with Gasteiger partial charge in [-0.05, 0) is 12.5 Å². The molecule has 1 atom stereocenters. The van der Waals surface area contributed by atoms with E-state index in [4.69, 9.17) is 15.7 Å². The topological polar surface area (TPSA) is 111 Å². The fourth-order valence-electron chi connectivity index (χ4n) is 1.30. The molecule has 98 valence electrons. The summed E-state index contributed by atoms with van der Waals surface area (Å²) in [4.78, 5) is 10.2. The van der Waals surface area contributed by atoms with Crippen molar-refractivity contribution in [3.63, 3.8) is 0 Å². The molecule has 8 heteroatoms. The highest BCUT2D eigenvalue weighted by molar-refractivity contribution is 9.10. The van der Waals surface area contributed by atoms with Crippen LogP contribution in [0.15, 0.2) is 27.8 Å². The maximum Gasteiger partial charge on any atom is 0.274 e. The zero-order chi connectivity index (χ0) is 13.7. The molecule has 1 aromatic rings. The van der Waals surface area contributed by atoms with Gasteiger partial charge in [-0.15, -0.1) is 0 Å². The van der Waals surface area contributed by atoms with Crippen molar-refractivity contribution >= 4 is 27.5 Å². The third-order valence-electron chi connectivity index (χ3n) is 2.16. The Labute approximate surface area is 112 Å². The van der Waals surface area contributed by atoms with E-state index in [0.29, 0.717) is 10.9 Å². The highest BCUT2D eigenvalue weighted by atomic mass is 79.9. The van der Waals surface area contributed by atoms with E-state index >= 15 is 0 Å². The lowest BCUT2D eigenvalue weighted by molar-refractivity contribution is -0.385. The van der Waals surface area contributed by atoms with Gasteiger partial charge in [0.25, 0.3) is 5.69 Å². The Hall–Kier alpha value is -1.83. The first-order valence-corrected chi connectivity index (χ1v) is 5.86. The standard InChI is InChI=1S/C10H12BrN3O4/c1-2-9(10(12)13-15)18-8-4-6(11)3-7(5-8)14(16)17/h3-5,9,15H,2H2,1H3,(H2,12,13). The van der Waals surface area contributed by atoms with Crippen LogP contribution in [0.2, 0.25) is 0 Å². The molecular weight excluding hydrogens is 306 g/mol. The molecule has 0 aromatic heterocycles. The fraction of sp³-hybridized carbons (Fsp3) is 0.300. The second kappa shape index (κ2) is 6.20. The van der Waals surface area contributed by atoms with Gasteiger partial charge in [-0.1, -0.05) is 28.0 Å². The van der Waals surface area contributed by atoms with Gasteiger partial charge in [-0.2, -0.15) is 0 Å². The average molecular weight is 318 g/mol. The predicted octanol–water partition coefficient (Wildman–Crippen LogP) is 2.26. The molecule has 3 N–H and O–H groups in total. The van der Waals surface area contributed by atoms with Crippen LogP contribution in [-0.4, -0.2) is 22.1 Å². The van der Waals surface area contributed by atoms with Crippen molar-refractivity contribution in [3.8, 4) is 5.75 Å². The molecule has 0 fully saturated rings. The second-order valence-electron chi connectivity index (χ2n) is 3.44. The van der Waals surface area contributed by atoms with Gasteiger partial charge in [0, 0.05) is 10.5 Å². The Morgan fingerprint density at radius 3 is 2.83 bits per heavy atom. The zero-order valence-corrected chi connectivity index (χ0v) is 11.1. The van der Waals surface area contributed by atoms with Crippen molar-refractivity contribution in [2.75, 3.05) is 0 Å². The summed E-state index contributed by atoms with van der Waals surface area (Å²) < 4.78 is 5.95. The SMILES string of the molecule is CCC(Oc1cc(Br)cc([N+](=O)[O-])c1)/C(N)=N/O. The summed E-state index contributed by atoms with van der Waals surface area (Å²) in [6, 6.07) is 4.20. The number of hydrogen-bond acceptors (Lipinski definition) is 5. The van der Waals surface area contributed by atoms with Gasteiger partial charge in [0.1, 0.15) is 5.75 Å². The Morgan fingerprint density at radius 1 is 1.67 bits per heavy atom. The summed E-state index contributed by atoms with van der Waals surface area (Å²) in [7, 11) is 0. The number of ether oxygens (including phenoxy) is 1. The van der Waals surface area contributed by atoms with Gasteiger partial charge >= 0.3 is 0 Å². The largest absolute Gasteiger partial charge is 0.482 e. The van der Waals surface area contributed by atoms with Crippen LogP contribution in [-0.2, 0) is 0 Å². The maximum absolute atomic E-state index is 10.7. The molecule has 1 aromatic carbocycles. The molecule has 1 unspecified atom stereocenters. The lowest BCUT2D eigenvalue weighted by atomic mass is 10.2. The van der Waals surface area contributed by atoms with Crippen LogP contribution in [0, 0.1) is 10.1 Å². The molecule has 0 aliphatic heterocycles. The van der Waals surface area contributed by atoms with Crippen molar-refractivity contribution in [3.05, 3.63) is 32.8 Å². The molecule has 0 saturated heterocycles. The summed E-state index contributed by atoms with van der Waals surface area (Å²) >= 11 is 3.15. The van der Waals surface area contributed by atoms with Crippen molar-refractivity contribution < 1.29 is 14.9 Å². The highest BCUT2D eigenvalue weighted by Crippen LogP contribution is 2.27. The first kappa shape index (κ1) is 14.2. The van der Waals surface area contributed by atoms with Gasteiger partial charge in [0.15, 0.2) is 11.9 Å². The lowest BCUT2D eigenvalue weighted by Gasteiger charge is -2.15. The molecule has 0 amide bonds. The number of nitro benzene ring substituents is 1. The maximum atomic E-state index is 10.7. The zero-order valence-electron chi connectivity index (χ0n) is 9.54. The normalized spacial score (nSPS) is 13.1. The van der Waals surface area contributed by atoms with E-state index < -0.39 is 11.0 Å². The minimum atomic E-state index is -0.635. The van der Waals surface area contributed by atoms with E-state index in [1.165, 1.54) is 12.1 Å². The van der Waals surface area contributed by atoms with E-state index in [1.54, 1.807) is 13.0 Å². The van der Waals surface area contributed by atoms with Crippen LogP contribution in [0.5, 0.6) is 5.75 Å². The molecule has 0 aliphatic carbocycles. The van der Waals surface area contributed by atoms with Gasteiger partial charge in [-0.3, -0.25) is 10.1 Å². The first-order chi connectivity index (χ1) is 8.47. The van der Waals surface area contributed by atoms with Crippen LogP contribution in [0.25, 0.3) is 0 Å². The van der Waals surface area contributed by atoms with Gasteiger partial charge in [0.2, 0.25) is 0 Å². The fourth-order valence-corrected chi connectivity index (χ4v) is 1.76. The Morgan fingerprint density at radius 2 is 2.33 bits per heavy atom. The molecule has 0 aliphatic rings. The van der Waals surface area contributed by atoms with Crippen molar-refractivity contribution in [2.45, 2.75) is 19.4 Å². The van der Waals surface area contributed by atoms with E-state index in [0.717, 1.165) is 0 Å². The number of nitro groups is 1. The highest BCUT2D eigenvalue weighted by Gasteiger charge is 2.16. The monoisotopic (exact) mass is 317 g/mol. The summed E-state index contributed by atoms with van der Waals surface area (Å²) in [6.07, 6.45) is -0.167. The van der Waals surface area contributed by atoms with E-state index in [-0.39, 0.29) is 17.3 Å². The molecule has 7 nitrogen and oxygen atoms in total. The molecule has 0 saturated carbocycles. The van der Waals surface area contributed by atoms with Crippen LogP contribution >= 0.6 is 15.9 Å². The van der Waals surface area contributed by atoms with Crippen molar-refractivity contribution in [2.24, 2.45) is 10.9 Å². The number of oxime groups is 1. The molecule has 1 rings (SSSR count). The van der Waals surface area contributed by atoms with Crippen LogP contribution < -0.4 is 10.5 Å². The van der Waals surface area contributed by atoms with Gasteiger partial charge in [-0.25, -0.2) is 0 Å². The number of halogens is 1. The number of nitrogens with zero attached hydrogens (tertiary/aromatic N) is 2. The smallest absolute Gasteiger partial charge is 0.274 e. The number of rotatable bonds is 5. The van der Waals surface area contributed by atoms with Crippen LogP contribution in [0.3, 0.4) is 0 Å². The Bertz CT molecular complexity index is 478. The number of nitrogens with two attached hydrogens (primary N) is 1. The number of amidine groups is 1. The summed E-state index contributed by atoms with van der Waals surface area (Å²) in [5.74, 6) is 0.189. The minimum Gasteiger partial charge on any atom is -0.482 e. The Kier molecular flexibility index (Phi) is 4.90. The molecule has 18 heavy (non-hydrogen) atoms. The van der Waals surface area contributed by atoms with Crippen LogP contribution in [0.1, 0.15) is 13.3 Å². The van der Waals surface area contributed by atoms with E-state index in [1.807, 2.05) is 0 Å². The number of benzene rings is 1. The number of hydrogen-bond donors (Lipinski definition) is 2. The quantitative estimate of drug-likeness (QED) is 0.284. The molecular formula is C10H12BrN3O4. The second-order valence-corrected chi connectivity index (χ2v) is 4.36. The minimum absolute atomic E-state index is 0.0832. The average Bonchev–Trinajstić information content (AvgIpc) is 2.34. The molecule has 0 spiro atoms. The van der Waals surface area contributed by atoms with Crippen LogP contribution in [0.4, 0.5) is 5.69 Å². The summed E-state index contributed by atoms with van der Waals surface area (Å²) in [5, 5.41) is 22.1. The third kappa shape index (κ3) is 3.59. The third-order valence-corrected chi connectivity index (χ3v) is 2.62. The van der Waals surface area contributed by atoms with Crippen molar-refractivity contribution in [1.82, 2.24) is 0 Å². The predicted molar refractivity (Wildman–Crippen MR) is 68.9 cm³/mol. The van der Waals surface area contributed by atoms with E-state index in [9.17, 15) is 10.1 Å². The first-order valence-electron chi connectivity index (χ1n) is 5.07. The lowest BCUT2D eigenvalue weighted by Crippen LogP contribution is -2.33. The van der Waals surface area contributed by atoms with Gasteiger partial charge in [0.05, 0.1) is 11.0 Å². The van der Waals surface area contributed by atoms with Crippen molar-refractivity contribution in [1.29, 1.82) is 0 Å². The summed E-state index contributed by atoms with van der Waals surface area (Å²) in [5.41, 5.74) is 5.34. The number of non-ortho nitro benzene ring substituents is 1. The molecule has 0 bridgehead atoms. The van der Waals surface area contributed by atoms with E-state index in [2.05, 4.69) is 21.1 Å². The van der Waals surface area contributed by atoms with Gasteiger partial charge < -0.3 is 15.7 Å². The Balaban J connectivity index is 2.99. The molecule has 0 heterocycles.